The van der Waals surface area contributed by atoms with Crippen molar-refractivity contribution in [3.8, 4) is 0 Å². The number of hydrogen-bond acceptors (Lipinski definition) is 3. The molecule has 3 heteroatoms. The largest absolute Gasteiger partial charge is 0.545 e. The van der Waals surface area contributed by atoms with Gasteiger partial charge in [0.1, 0.15) is 0 Å². The van der Waals surface area contributed by atoms with Crippen molar-refractivity contribution in [2.45, 2.75) is 6.92 Å². The lowest BCUT2D eigenvalue weighted by molar-refractivity contribution is -0.299. The highest BCUT2D eigenvalue weighted by Crippen LogP contribution is 1.94. The Kier molecular flexibility index (Phi) is 5.70. The van der Waals surface area contributed by atoms with Gasteiger partial charge >= 0.3 is 0 Å². The maximum atomic E-state index is 9.49. The molecule has 1 aromatic rings. The minimum atomic E-state index is -1.19. The summed E-state index contributed by atoms with van der Waals surface area (Å²) in [5.74, 6) is -1.19. The van der Waals surface area contributed by atoms with E-state index in [-0.39, 0.29) is 5.57 Å². The van der Waals surface area contributed by atoms with Crippen LogP contribution in [0.2, 0.25) is 0 Å². The number of hydrogen-bond donors (Lipinski definition) is 0. The number of carbonyl (C=O) groups excluding carboxylic acids is 1. The normalized spacial score (nSPS) is 8.07. The summed E-state index contributed by atoms with van der Waals surface area (Å²) in [4.78, 5) is 13.3. The van der Waals surface area contributed by atoms with Crippen LogP contribution in [0.1, 0.15) is 12.5 Å². The number of pyridine rings is 1. The van der Waals surface area contributed by atoms with Crippen LogP contribution in [0.25, 0.3) is 6.08 Å². The number of rotatable bonds is 2. The average Bonchev–Trinajstić information content (AvgIpc) is 2.20. The highest BCUT2D eigenvalue weighted by Gasteiger charge is 1.77. The number of carboxylic acids is 1. The molecule has 0 radical (unpaired) electrons. The Morgan fingerprint density at radius 1 is 1.50 bits per heavy atom. The maximum absolute atomic E-state index is 9.49. The molecule has 0 saturated carbocycles. The predicted molar refractivity (Wildman–Crippen MR) is 54.1 cm³/mol. The van der Waals surface area contributed by atoms with Crippen LogP contribution in [0.15, 0.2) is 43.3 Å². The van der Waals surface area contributed by atoms with Crippen LogP contribution in [0.5, 0.6) is 0 Å². The molecular weight excluding hydrogens is 178 g/mol. The Bertz CT molecular complexity index is 305. The van der Waals surface area contributed by atoms with E-state index in [1.165, 1.54) is 6.92 Å². The van der Waals surface area contributed by atoms with Gasteiger partial charge in [-0.3, -0.25) is 4.98 Å². The van der Waals surface area contributed by atoms with Crippen molar-refractivity contribution in [3.63, 3.8) is 0 Å². The number of nitrogens with zero attached hydrogens (tertiary/aromatic N) is 1. The fraction of sp³-hybridized carbons (Fsp3) is 0.0909. The second-order valence-corrected chi connectivity index (χ2v) is 2.55. The summed E-state index contributed by atoms with van der Waals surface area (Å²) in [6, 6.07) is 3.82. The van der Waals surface area contributed by atoms with Crippen molar-refractivity contribution in [2.24, 2.45) is 0 Å². The predicted octanol–water partition coefficient (Wildman–Crippen LogP) is 1.04. The van der Waals surface area contributed by atoms with Gasteiger partial charge in [-0.1, -0.05) is 19.2 Å². The molecule has 0 aliphatic carbocycles. The molecule has 74 valence electrons. The van der Waals surface area contributed by atoms with E-state index in [1.807, 2.05) is 12.1 Å². The SMILES string of the molecule is C=C(C)C(=O)[O-].C=Cc1ccncc1. The summed E-state index contributed by atoms with van der Waals surface area (Å²) in [7, 11) is 0. The fourth-order valence-corrected chi connectivity index (χ4v) is 0.500. The molecule has 1 aromatic heterocycles. The Morgan fingerprint density at radius 2 is 1.93 bits per heavy atom. The molecule has 0 atom stereocenters. The topological polar surface area (TPSA) is 53.0 Å². The van der Waals surface area contributed by atoms with Gasteiger partial charge in [0.15, 0.2) is 0 Å². The first kappa shape index (κ1) is 12.1. The second-order valence-electron chi connectivity index (χ2n) is 2.55. The van der Waals surface area contributed by atoms with Crippen LogP contribution in [-0.2, 0) is 4.79 Å². The molecule has 1 heterocycles. The van der Waals surface area contributed by atoms with Gasteiger partial charge in [0.05, 0.1) is 5.97 Å². The molecule has 1 rings (SSSR count). The number of aromatic nitrogens is 1. The third-order valence-corrected chi connectivity index (χ3v) is 1.29. The molecule has 0 saturated heterocycles. The molecule has 14 heavy (non-hydrogen) atoms. The third kappa shape index (κ3) is 5.71. The molecule has 0 amide bonds. The van der Waals surface area contributed by atoms with Gasteiger partial charge in [-0.05, 0) is 30.2 Å². The van der Waals surface area contributed by atoms with Crippen molar-refractivity contribution in [3.05, 3.63) is 48.8 Å². The summed E-state index contributed by atoms with van der Waals surface area (Å²) in [6.45, 7) is 8.08. The van der Waals surface area contributed by atoms with Crippen molar-refractivity contribution in [1.29, 1.82) is 0 Å². The third-order valence-electron chi connectivity index (χ3n) is 1.29. The molecule has 3 nitrogen and oxygen atoms in total. The second kappa shape index (κ2) is 6.60. The van der Waals surface area contributed by atoms with Crippen LogP contribution in [0.4, 0.5) is 0 Å². The molecule has 0 spiro atoms. The Balaban J connectivity index is 0.000000255. The standard InChI is InChI=1S/C7H7N.C4H6O2/c1-2-7-3-5-8-6-4-7;1-3(2)4(5)6/h2-6H,1H2;1H2,2H3,(H,5,6)/p-1. The van der Waals surface area contributed by atoms with E-state index in [0.717, 1.165) is 5.56 Å². The number of aliphatic carboxylic acids is 1. The zero-order chi connectivity index (χ0) is 11.0. The van der Waals surface area contributed by atoms with E-state index in [4.69, 9.17) is 0 Å². The average molecular weight is 190 g/mol. The lowest BCUT2D eigenvalue weighted by Gasteiger charge is -1.93. The fourth-order valence-electron chi connectivity index (χ4n) is 0.500. The minimum Gasteiger partial charge on any atom is -0.545 e. The van der Waals surface area contributed by atoms with Crippen molar-refractivity contribution >= 4 is 12.0 Å². The first-order chi connectivity index (χ1) is 6.57. The summed E-state index contributed by atoms with van der Waals surface area (Å²) < 4.78 is 0. The van der Waals surface area contributed by atoms with Crippen LogP contribution in [-0.4, -0.2) is 11.0 Å². The van der Waals surface area contributed by atoms with E-state index < -0.39 is 5.97 Å². The van der Waals surface area contributed by atoms with Gasteiger partial charge in [0, 0.05) is 12.4 Å². The van der Waals surface area contributed by atoms with Crippen LogP contribution < -0.4 is 5.11 Å². The zero-order valence-corrected chi connectivity index (χ0v) is 8.06. The quantitative estimate of drug-likeness (QED) is 0.655. The number of carbonyl (C=O) groups is 1. The Hall–Kier alpha value is -1.90. The van der Waals surface area contributed by atoms with Crippen molar-refractivity contribution < 1.29 is 9.90 Å². The zero-order valence-electron chi connectivity index (χ0n) is 8.06. The smallest absolute Gasteiger partial charge is 0.0666 e. The van der Waals surface area contributed by atoms with Crippen molar-refractivity contribution in [2.75, 3.05) is 0 Å². The van der Waals surface area contributed by atoms with Gasteiger partial charge in [0.2, 0.25) is 0 Å². The molecule has 0 aliphatic heterocycles. The minimum absolute atomic E-state index is 0.0648. The molecular formula is C11H12NO2-. The lowest BCUT2D eigenvalue weighted by Crippen LogP contribution is -2.22. The number of carboxylic acid groups (broad SMARTS) is 1. The monoisotopic (exact) mass is 190 g/mol. The lowest BCUT2D eigenvalue weighted by atomic mass is 10.3. The summed E-state index contributed by atoms with van der Waals surface area (Å²) in [5, 5.41) is 9.49. The molecule has 0 aliphatic rings. The van der Waals surface area contributed by atoms with E-state index in [1.54, 1.807) is 18.5 Å². The summed E-state index contributed by atoms with van der Waals surface area (Å²) in [6.07, 6.45) is 5.29. The van der Waals surface area contributed by atoms with Crippen molar-refractivity contribution in [1.82, 2.24) is 4.98 Å². The van der Waals surface area contributed by atoms with Gasteiger partial charge < -0.3 is 9.90 Å². The molecule has 0 N–H and O–H groups in total. The molecule has 0 bridgehead atoms. The van der Waals surface area contributed by atoms with E-state index in [9.17, 15) is 9.90 Å². The maximum Gasteiger partial charge on any atom is 0.0666 e. The van der Waals surface area contributed by atoms with E-state index in [0.29, 0.717) is 0 Å². The Labute approximate surface area is 83.4 Å². The van der Waals surface area contributed by atoms with Crippen LogP contribution in [0.3, 0.4) is 0 Å². The molecule has 0 fully saturated rings. The van der Waals surface area contributed by atoms with Gasteiger partial charge in [-0.2, -0.15) is 0 Å². The Morgan fingerprint density at radius 3 is 2.14 bits per heavy atom. The molecule has 0 unspecified atom stereocenters. The highest BCUT2D eigenvalue weighted by atomic mass is 16.4. The van der Waals surface area contributed by atoms with Gasteiger partial charge in [0.25, 0.3) is 0 Å². The van der Waals surface area contributed by atoms with Gasteiger partial charge in [-0.25, -0.2) is 0 Å². The highest BCUT2D eigenvalue weighted by molar-refractivity contribution is 5.82. The van der Waals surface area contributed by atoms with Gasteiger partial charge in [-0.15, -0.1) is 0 Å². The molecule has 0 aromatic carbocycles. The summed E-state index contributed by atoms with van der Waals surface area (Å²) in [5.41, 5.74) is 1.18. The van der Waals surface area contributed by atoms with Crippen LogP contribution in [0, 0.1) is 0 Å². The summed E-state index contributed by atoms with van der Waals surface area (Å²) >= 11 is 0. The van der Waals surface area contributed by atoms with E-state index >= 15 is 0 Å². The van der Waals surface area contributed by atoms with E-state index in [2.05, 4.69) is 18.1 Å². The first-order valence-corrected chi connectivity index (χ1v) is 3.97. The first-order valence-electron chi connectivity index (χ1n) is 3.97. The van der Waals surface area contributed by atoms with Crippen LogP contribution >= 0.6 is 0 Å².